The zero-order chi connectivity index (χ0) is 21.3. The number of benzene rings is 3. The SMILES string of the molecule is Cc1nc2sc3c(-c4[nH+]c5ccccc5n4-c4c(C)cccc4C)c(C)ccc3c2o1.[I-]. The fourth-order valence-corrected chi connectivity index (χ4v) is 5.89. The molecule has 0 radical (unpaired) electrons. The first-order valence-electron chi connectivity index (χ1n) is 10.4. The van der Waals surface area contributed by atoms with E-state index in [0.717, 1.165) is 27.1 Å². The fourth-order valence-electron chi connectivity index (χ4n) is 4.65. The molecule has 0 amide bonds. The zero-order valence-corrected chi connectivity index (χ0v) is 21.3. The van der Waals surface area contributed by atoms with E-state index in [1.54, 1.807) is 11.3 Å². The normalized spacial score (nSPS) is 11.5. The monoisotopic (exact) mass is 551 g/mol. The van der Waals surface area contributed by atoms with Gasteiger partial charge in [-0.2, -0.15) is 4.57 Å². The van der Waals surface area contributed by atoms with Crippen molar-refractivity contribution in [3.63, 3.8) is 0 Å². The molecule has 3 heterocycles. The number of para-hydroxylation sites is 3. The fraction of sp³-hybridized carbons (Fsp3) is 0.154. The Morgan fingerprint density at radius 3 is 2.41 bits per heavy atom. The summed E-state index contributed by atoms with van der Waals surface area (Å²) >= 11 is 1.70. The molecule has 0 bridgehead atoms. The van der Waals surface area contributed by atoms with Gasteiger partial charge in [-0.25, -0.2) is 9.97 Å². The maximum Gasteiger partial charge on any atom is 0.294 e. The number of hydrogen-bond acceptors (Lipinski definition) is 3. The van der Waals surface area contributed by atoms with Gasteiger partial charge in [0.25, 0.3) is 5.82 Å². The van der Waals surface area contributed by atoms with Crippen molar-refractivity contribution in [1.29, 1.82) is 0 Å². The van der Waals surface area contributed by atoms with Crippen LogP contribution in [0.4, 0.5) is 0 Å². The molecule has 0 unspecified atom stereocenters. The smallest absolute Gasteiger partial charge is 0.294 e. The number of thiophene rings is 1. The van der Waals surface area contributed by atoms with Gasteiger partial charge in [-0.15, -0.1) is 11.3 Å². The number of halogens is 1. The number of oxazole rings is 1. The third kappa shape index (κ3) is 3.00. The largest absolute Gasteiger partial charge is 1.00 e. The summed E-state index contributed by atoms with van der Waals surface area (Å²) in [4.78, 5) is 9.29. The molecule has 4 nitrogen and oxygen atoms in total. The van der Waals surface area contributed by atoms with E-state index in [4.69, 9.17) is 4.42 Å². The van der Waals surface area contributed by atoms with Crippen LogP contribution in [0.15, 0.2) is 59.0 Å². The van der Waals surface area contributed by atoms with Crippen LogP contribution < -0.4 is 29.0 Å². The molecular weight excluding hydrogens is 529 g/mol. The van der Waals surface area contributed by atoms with Gasteiger partial charge < -0.3 is 28.4 Å². The van der Waals surface area contributed by atoms with E-state index in [1.807, 2.05) is 6.92 Å². The molecule has 160 valence electrons. The summed E-state index contributed by atoms with van der Waals surface area (Å²) in [6.07, 6.45) is 0. The van der Waals surface area contributed by atoms with Gasteiger partial charge >= 0.3 is 0 Å². The van der Waals surface area contributed by atoms with Crippen LogP contribution in [-0.4, -0.2) is 9.55 Å². The summed E-state index contributed by atoms with van der Waals surface area (Å²) in [6, 6.07) is 19.3. The first-order valence-corrected chi connectivity index (χ1v) is 11.2. The minimum absolute atomic E-state index is 0. The van der Waals surface area contributed by atoms with E-state index in [0.29, 0.717) is 5.89 Å². The van der Waals surface area contributed by atoms with Gasteiger partial charge in [0.2, 0.25) is 0 Å². The van der Waals surface area contributed by atoms with E-state index >= 15 is 0 Å². The van der Waals surface area contributed by atoms with Crippen LogP contribution in [0.2, 0.25) is 0 Å². The van der Waals surface area contributed by atoms with Crippen molar-refractivity contribution in [2.45, 2.75) is 27.7 Å². The molecule has 0 aliphatic heterocycles. The highest BCUT2D eigenvalue weighted by molar-refractivity contribution is 7.25. The summed E-state index contributed by atoms with van der Waals surface area (Å²) in [6.45, 7) is 8.44. The Hall–Kier alpha value is -2.71. The van der Waals surface area contributed by atoms with Crippen LogP contribution in [0.1, 0.15) is 22.6 Å². The van der Waals surface area contributed by atoms with Gasteiger partial charge in [0.05, 0.1) is 10.3 Å². The molecule has 6 heteroatoms. The Bertz CT molecular complexity index is 1620. The molecule has 0 saturated carbocycles. The van der Waals surface area contributed by atoms with E-state index in [-0.39, 0.29) is 24.0 Å². The molecule has 0 atom stereocenters. The lowest BCUT2D eigenvalue weighted by molar-refractivity contribution is -0.331. The number of fused-ring (bicyclic) bond motifs is 4. The molecule has 6 rings (SSSR count). The molecule has 1 N–H and O–H groups in total. The lowest BCUT2D eigenvalue weighted by Gasteiger charge is -2.10. The van der Waals surface area contributed by atoms with Gasteiger partial charge in [-0.3, -0.25) is 0 Å². The third-order valence-electron chi connectivity index (χ3n) is 6.03. The average molecular weight is 551 g/mol. The average Bonchev–Trinajstić information content (AvgIpc) is 3.38. The Morgan fingerprint density at radius 1 is 0.875 bits per heavy atom. The molecule has 0 spiro atoms. The summed E-state index contributed by atoms with van der Waals surface area (Å²) in [5.41, 5.74) is 9.31. The van der Waals surface area contributed by atoms with E-state index < -0.39 is 0 Å². The summed E-state index contributed by atoms with van der Waals surface area (Å²) < 4.78 is 9.52. The van der Waals surface area contributed by atoms with Crippen molar-refractivity contribution in [2.24, 2.45) is 0 Å². The molecule has 6 aromatic rings. The Balaban J connectivity index is 0.00000216. The van der Waals surface area contributed by atoms with E-state index in [1.165, 1.54) is 38.2 Å². The second-order valence-electron chi connectivity index (χ2n) is 8.17. The van der Waals surface area contributed by atoms with Gasteiger partial charge in [0.15, 0.2) is 27.3 Å². The third-order valence-corrected chi connectivity index (χ3v) is 7.13. The summed E-state index contributed by atoms with van der Waals surface area (Å²) in [5, 5.41) is 1.12. The highest BCUT2D eigenvalue weighted by Crippen LogP contribution is 2.42. The number of nitrogens with one attached hydrogen (secondary N) is 1. The molecule has 0 aliphatic rings. The summed E-state index contributed by atoms with van der Waals surface area (Å²) in [5.74, 6) is 1.80. The van der Waals surface area contributed by atoms with Crippen molar-refractivity contribution < 1.29 is 33.4 Å². The molecule has 3 aromatic heterocycles. The second kappa shape index (κ2) is 7.71. The number of rotatable bonds is 2. The quantitative estimate of drug-likeness (QED) is 0.308. The van der Waals surface area contributed by atoms with Gasteiger partial charge in [-0.1, -0.05) is 36.4 Å². The minimum atomic E-state index is 0. The van der Waals surface area contributed by atoms with Crippen LogP contribution in [-0.2, 0) is 0 Å². The molecule has 0 aliphatic carbocycles. The predicted octanol–water partition coefficient (Wildman–Crippen LogP) is 3.71. The topological polar surface area (TPSA) is 45.1 Å². The number of aryl methyl sites for hydroxylation is 4. The molecule has 0 fully saturated rings. The van der Waals surface area contributed by atoms with Crippen LogP contribution >= 0.6 is 11.3 Å². The van der Waals surface area contributed by atoms with Gasteiger partial charge in [-0.05, 0) is 55.7 Å². The number of imidazole rings is 1. The number of hydrogen-bond donors (Lipinski definition) is 0. The van der Waals surface area contributed by atoms with Crippen molar-refractivity contribution in [3.05, 3.63) is 77.2 Å². The first kappa shape index (κ1) is 21.2. The van der Waals surface area contributed by atoms with Crippen molar-refractivity contribution in [3.8, 4) is 17.1 Å². The van der Waals surface area contributed by atoms with Crippen LogP contribution in [0, 0.1) is 27.7 Å². The molecular formula is C26H22IN3OS. The van der Waals surface area contributed by atoms with Gasteiger partial charge in [0, 0.05) is 12.3 Å². The summed E-state index contributed by atoms with van der Waals surface area (Å²) in [7, 11) is 0. The highest BCUT2D eigenvalue weighted by Gasteiger charge is 2.28. The second-order valence-corrected chi connectivity index (χ2v) is 9.17. The molecule has 32 heavy (non-hydrogen) atoms. The zero-order valence-electron chi connectivity index (χ0n) is 18.3. The Morgan fingerprint density at radius 2 is 1.62 bits per heavy atom. The number of aromatic nitrogens is 3. The van der Waals surface area contributed by atoms with E-state index in [2.05, 4.69) is 89.9 Å². The van der Waals surface area contributed by atoms with Crippen molar-refractivity contribution in [2.75, 3.05) is 0 Å². The minimum Gasteiger partial charge on any atom is -1.00 e. The number of aromatic amines is 1. The maximum atomic E-state index is 5.95. The molecule has 3 aromatic carbocycles. The van der Waals surface area contributed by atoms with Crippen molar-refractivity contribution >= 4 is 42.9 Å². The van der Waals surface area contributed by atoms with Crippen molar-refractivity contribution in [1.82, 2.24) is 9.55 Å². The Labute approximate surface area is 206 Å². The molecule has 0 saturated heterocycles. The lowest BCUT2D eigenvalue weighted by Crippen LogP contribution is -3.00. The number of nitrogens with zero attached hydrogens (tertiary/aromatic N) is 2. The first-order chi connectivity index (χ1) is 15.0. The standard InChI is InChI=1S/C26H21N3OS.HI/c1-14-12-13-18-23-26(27-17(4)30-23)31-24(18)21(14)25-28-19-10-5-6-11-20(19)29(25)22-15(2)8-7-9-16(22)3;/h5-13H,1-4H3;1H. The van der Waals surface area contributed by atoms with Crippen LogP contribution in [0.5, 0.6) is 0 Å². The maximum absolute atomic E-state index is 5.95. The number of H-pyrrole nitrogens is 1. The van der Waals surface area contributed by atoms with E-state index in [9.17, 15) is 0 Å². The highest BCUT2D eigenvalue weighted by atomic mass is 127. The predicted molar refractivity (Wildman–Crippen MR) is 127 cm³/mol. The lowest BCUT2D eigenvalue weighted by atomic mass is 10.0. The van der Waals surface area contributed by atoms with Crippen LogP contribution in [0.3, 0.4) is 0 Å². The Kier molecular flexibility index (Phi) is 5.09. The van der Waals surface area contributed by atoms with Crippen LogP contribution in [0.25, 0.3) is 48.6 Å². The van der Waals surface area contributed by atoms with Gasteiger partial charge in [0.1, 0.15) is 5.69 Å².